The van der Waals surface area contributed by atoms with Crippen LogP contribution >= 0.6 is 0 Å². The van der Waals surface area contributed by atoms with E-state index < -0.39 is 12.1 Å². The molecule has 0 aliphatic carbocycles. The monoisotopic (exact) mass is 577 g/mol. The van der Waals surface area contributed by atoms with E-state index in [1.165, 1.54) is 0 Å². The Bertz CT molecular complexity index is 1490. The van der Waals surface area contributed by atoms with Gasteiger partial charge in [0.15, 0.2) is 0 Å². The predicted octanol–water partition coefficient (Wildman–Crippen LogP) is 4.41. The van der Waals surface area contributed by atoms with Crippen molar-refractivity contribution in [2.24, 2.45) is 5.73 Å². The third kappa shape index (κ3) is 7.99. The first-order chi connectivity index (χ1) is 21.0. The molecule has 222 valence electrons. The van der Waals surface area contributed by atoms with Crippen LogP contribution in [0.1, 0.15) is 46.7 Å². The number of fused-ring (bicyclic) bond motifs is 1. The van der Waals surface area contributed by atoms with E-state index in [9.17, 15) is 14.4 Å². The van der Waals surface area contributed by atoms with E-state index in [1.54, 1.807) is 0 Å². The predicted molar refractivity (Wildman–Crippen MR) is 170 cm³/mol. The normalized spacial score (nSPS) is 17.0. The van der Waals surface area contributed by atoms with Gasteiger partial charge in [-0.3, -0.25) is 9.59 Å². The Hall–Kier alpha value is -4.69. The van der Waals surface area contributed by atoms with E-state index >= 15 is 0 Å². The molecule has 8 heteroatoms. The van der Waals surface area contributed by atoms with Gasteiger partial charge in [0.2, 0.25) is 5.91 Å². The van der Waals surface area contributed by atoms with E-state index in [2.05, 4.69) is 40.2 Å². The summed E-state index contributed by atoms with van der Waals surface area (Å²) in [5.74, 6) is -0.0950. The summed E-state index contributed by atoms with van der Waals surface area (Å²) >= 11 is 0. The first-order valence-electron chi connectivity index (χ1n) is 14.9. The molecule has 4 aromatic carbocycles. The molecule has 0 spiro atoms. The second-order valence-electron chi connectivity index (χ2n) is 11.1. The Morgan fingerprint density at radius 3 is 2.19 bits per heavy atom. The highest BCUT2D eigenvalue weighted by Crippen LogP contribution is 2.27. The van der Waals surface area contributed by atoms with Crippen molar-refractivity contribution >= 4 is 28.6 Å². The molecule has 0 saturated carbocycles. The minimum atomic E-state index is -0.579. The van der Waals surface area contributed by atoms with Gasteiger partial charge in [0.25, 0.3) is 5.91 Å². The Morgan fingerprint density at radius 2 is 1.51 bits per heavy atom. The number of nitrogens with zero attached hydrogens (tertiary/aromatic N) is 1. The van der Waals surface area contributed by atoms with Gasteiger partial charge < -0.3 is 26.6 Å². The quantitative estimate of drug-likeness (QED) is 0.198. The van der Waals surface area contributed by atoms with E-state index in [0.29, 0.717) is 51.0 Å². The summed E-state index contributed by atoms with van der Waals surface area (Å²) in [5.41, 5.74) is 8.15. The first-order valence-corrected chi connectivity index (χ1v) is 14.9. The summed E-state index contributed by atoms with van der Waals surface area (Å²) in [4.78, 5) is 40.2. The molecular weight excluding hydrogens is 538 g/mol. The Morgan fingerprint density at radius 1 is 0.860 bits per heavy atom. The standard InChI is InChI=1S/C35H39N5O3/c36-35(43)37-20-9-16-32-34(42)40(24-31(26-11-3-1-4-12-26)27-13-5-2-6-14-27)21-19-30(39-32)23-38-33(41)29-18-17-25-10-7-8-15-28(25)22-29/h1-8,10-15,17-18,22,30-32,39H,9,16,19-21,23-24H2,(H,38,41)(H3,36,37,43)/t30-,32+/m0/s1. The summed E-state index contributed by atoms with van der Waals surface area (Å²) in [6.07, 6.45) is 1.82. The van der Waals surface area contributed by atoms with Gasteiger partial charge in [0.1, 0.15) is 0 Å². The molecule has 0 radical (unpaired) electrons. The summed E-state index contributed by atoms with van der Waals surface area (Å²) in [7, 11) is 0. The third-order valence-corrected chi connectivity index (χ3v) is 8.09. The van der Waals surface area contributed by atoms with Gasteiger partial charge in [0, 0.05) is 43.7 Å². The van der Waals surface area contributed by atoms with Crippen LogP contribution in [-0.2, 0) is 4.79 Å². The lowest BCUT2D eigenvalue weighted by molar-refractivity contribution is -0.133. The van der Waals surface area contributed by atoms with Crippen LogP contribution in [0, 0.1) is 0 Å². The fourth-order valence-corrected chi connectivity index (χ4v) is 5.79. The van der Waals surface area contributed by atoms with Gasteiger partial charge in [-0.05, 0) is 53.3 Å². The van der Waals surface area contributed by atoms with E-state index in [0.717, 1.165) is 21.9 Å². The zero-order valence-corrected chi connectivity index (χ0v) is 24.2. The number of rotatable bonds is 11. The number of urea groups is 1. The number of hydrogen-bond acceptors (Lipinski definition) is 4. The number of carbonyl (C=O) groups is 3. The molecule has 1 aliphatic rings. The molecule has 4 amide bonds. The molecule has 43 heavy (non-hydrogen) atoms. The maximum atomic E-state index is 14.0. The number of primary amides is 1. The van der Waals surface area contributed by atoms with Crippen molar-refractivity contribution in [3.8, 4) is 0 Å². The lowest BCUT2D eigenvalue weighted by atomic mass is 9.90. The molecular formula is C35H39N5O3. The van der Waals surface area contributed by atoms with Crippen molar-refractivity contribution in [2.45, 2.75) is 37.3 Å². The molecule has 8 nitrogen and oxygen atoms in total. The number of amides is 4. The highest BCUT2D eigenvalue weighted by Gasteiger charge is 2.32. The summed E-state index contributed by atoms with van der Waals surface area (Å²) < 4.78 is 0. The molecule has 0 aromatic heterocycles. The topological polar surface area (TPSA) is 117 Å². The summed E-state index contributed by atoms with van der Waals surface area (Å²) in [6, 6.07) is 33.1. The van der Waals surface area contributed by atoms with Gasteiger partial charge in [0.05, 0.1) is 6.04 Å². The van der Waals surface area contributed by atoms with Crippen LogP contribution in [0.15, 0.2) is 103 Å². The maximum absolute atomic E-state index is 14.0. The van der Waals surface area contributed by atoms with Gasteiger partial charge in [-0.15, -0.1) is 0 Å². The van der Waals surface area contributed by atoms with Crippen LogP contribution in [0.2, 0.25) is 0 Å². The van der Waals surface area contributed by atoms with Crippen molar-refractivity contribution in [1.82, 2.24) is 20.9 Å². The van der Waals surface area contributed by atoms with Gasteiger partial charge in [-0.1, -0.05) is 91.0 Å². The van der Waals surface area contributed by atoms with E-state index in [1.807, 2.05) is 83.8 Å². The first kappa shape index (κ1) is 29.8. The fraction of sp³-hybridized carbons (Fsp3) is 0.286. The lowest BCUT2D eigenvalue weighted by Gasteiger charge is -2.29. The molecule has 2 atom stereocenters. The molecule has 5 rings (SSSR count). The minimum absolute atomic E-state index is 0.0210. The highest BCUT2D eigenvalue weighted by atomic mass is 16.2. The van der Waals surface area contributed by atoms with Crippen LogP contribution in [0.3, 0.4) is 0 Å². The molecule has 1 heterocycles. The zero-order chi connectivity index (χ0) is 30.0. The van der Waals surface area contributed by atoms with Crippen LogP contribution in [0.25, 0.3) is 10.8 Å². The van der Waals surface area contributed by atoms with E-state index in [-0.39, 0.29) is 23.8 Å². The van der Waals surface area contributed by atoms with Gasteiger partial charge in [-0.2, -0.15) is 0 Å². The average molecular weight is 578 g/mol. The van der Waals surface area contributed by atoms with Crippen molar-refractivity contribution in [3.05, 3.63) is 120 Å². The van der Waals surface area contributed by atoms with Gasteiger partial charge in [-0.25, -0.2) is 4.79 Å². The van der Waals surface area contributed by atoms with Crippen LogP contribution in [0.5, 0.6) is 0 Å². The molecule has 0 bridgehead atoms. The smallest absolute Gasteiger partial charge is 0.312 e. The SMILES string of the molecule is NC(=O)NCCC[C@H]1N[C@H](CNC(=O)c2ccc3ccccc3c2)CCN(CC(c2ccccc2)c2ccccc2)C1=O. The molecule has 5 N–H and O–H groups in total. The number of nitrogens with one attached hydrogen (secondary N) is 3. The molecule has 4 aromatic rings. The number of carbonyl (C=O) groups excluding carboxylic acids is 3. The largest absolute Gasteiger partial charge is 0.352 e. The number of benzene rings is 4. The molecule has 1 saturated heterocycles. The fourth-order valence-electron chi connectivity index (χ4n) is 5.79. The van der Waals surface area contributed by atoms with Crippen LogP contribution in [-0.4, -0.2) is 61.0 Å². The third-order valence-electron chi connectivity index (χ3n) is 8.09. The van der Waals surface area contributed by atoms with Crippen molar-refractivity contribution in [1.29, 1.82) is 0 Å². The minimum Gasteiger partial charge on any atom is -0.352 e. The van der Waals surface area contributed by atoms with Crippen molar-refractivity contribution in [2.75, 3.05) is 26.2 Å². The van der Waals surface area contributed by atoms with Crippen molar-refractivity contribution < 1.29 is 14.4 Å². The highest BCUT2D eigenvalue weighted by molar-refractivity contribution is 5.98. The molecule has 0 unspecified atom stereocenters. The Labute approximate surface area is 252 Å². The molecule has 1 aliphatic heterocycles. The summed E-state index contributed by atoms with van der Waals surface area (Å²) in [5, 5.41) is 11.3. The lowest BCUT2D eigenvalue weighted by Crippen LogP contribution is -2.49. The average Bonchev–Trinajstić information content (AvgIpc) is 3.19. The number of nitrogens with two attached hydrogens (primary N) is 1. The van der Waals surface area contributed by atoms with E-state index in [4.69, 9.17) is 5.73 Å². The van der Waals surface area contributed by atoms with Gasteiger partial charge >= 0.3 is 6.03 Å². The number of hydrogen-bond donors (Lipinski definition) is 4. The maximum Gasteiger partial charge on any atom is 0.312 e. The zero-order valence-electron chi connectivity index (χ0n) is 24.2. The Balaban J connectivity index is 1.30. The molecule has 1 fully saturated rings. The second kappa shape index (κ2) is 14.5. The summed E-state index contributed by atoms with van der Waals surface area (Å²) in [6.45, 7) is 1.89. The van der Waals surface area contributed by atoms with Crippen LogP contribution in [0.4, 0.5) is 4.79 Å². The second-order valence-corrected chi connectivity index (χ2v) is 11.1. The van der Waals surface area contributed by atoms with Crippen LogP contribution < -0.4 is 21.7 Å². The van der Waals surface area contributed by atoms with Crippen molar-refractivity contribution in [3.63, 3.8) is 0 Å². The Kier molecular flexibility index (Phi) is 10.0.